The Labute approximate surface area is 148 Å². The topological polar surface area (TPSA) is 56.1 Å². The van der Waals surface area contributed by atoms with Crippen LogP contribution in [0.15, 0.2) is 0 Å². The Bertz CT molecular complexity index is 609. The van der Waals surface area contributed by atoms with Crippen LogP contribution in [0.25, 0.3) is 0 Å². The van der Waals surface area contributed by atoms with E-state index in [0.29, 0.717) is 6.54 Å². The summed E-state index contributed by atoms with van der Waals surface area (Å²) >= 11 is 1.62. The number of likely N-dealkylation sites (tertiary alicyclic amines) is 1. The van der Waals surface area contributed by atoms with E-state index in [4.69, 9.17) is 0 Å². The second-order valence-corrected chi connectivity index (χ2v) is 8.08. The standard InChI is InChI=1S/C19H27N3OS/c20-13-16-15-9-5-4-6-10-17(15)24-19(16)21-18(23)14-22-11-7-2-1-3-8-12-22/h1-12,14H2,(H,21,23). The minimum absolute atomic E-state index is 0.0310. The third kappa shape index (κ3) is 4.37. The van der Waals surface area contributed by atoms with Gasteiger partial charge in [0.1, 0.15) is 11.1 Å². The lowest BCUT2D eigenvalue weighted by Crippen LogP contribution is -2.35. The maximum Gasteiger partial charge on any atom is 0.239 e. The Morgan fingerprint density at radius 3 is 2.46 bits per heavy atom. The molecule has 1 amide bonds. The Morgan fingerprint density at radius 2 is 1.71 bits per heavy atom. The highest BCUT2D eigenvalue weighted by atomic mass is 32.1. The molecule has 130 valence electrons. The first-order valence-corrected chi connectivity index (χ1v) is 10.2. The van der Waals surface area contributed by atoms with Crippen LogP contribution in [0.1, 0.15) is 67.4 Å². The van der Waals surface area contributed by atoms with Crippen LogP contribution >= 0.6 is 11.3 Å². The summed E-state index contributed by atoms with van der Waals surface area (Å²) in [6.45, 7) is 2.48. The SMILES string of the molecule is N#Cc1c(NC(=O)CN2CCCCCCC2)sc2c1CCCCC2. The fourth-order valence-electron chi connectivity index (χ4n) is 3.79. The number of anilines is 1. The average Bonchev–Trinajstić information content (AvgIpc) is 2.70. The Kier molecular flexibility index (Phi) is 6.28. The Hall–Kier alpha value is -1.38. The number of amides is 1. The van der Waals surface area contributed by atoms with Crippen LogP contribution in [0.3, 0.4) is 0 Å². The average molecular weight is 346 g/mol. The monoisotopic (exact) mass is 345 g/mol. The molecular weight excluding hydrogens is 318 g/mol. The smallest absolute Gasteiger partial charge is 0.239 e. The van der Waals surface area contributed by atoms with Crippen molar-refractivity contribution in [3.8, 4) is 6.07 Å². The van der Waals surface area contributed by atoms with E-state index in [2.05, 4.69) is 16.3 Å². The fraction of sp³-hybridized carbons (Fsp3) is 0.684. The summed E-state index contributed by atoms with van der Waals surface area (Å²) in [7, 11) is 0. The minimum Gasteiger partial charge on any atom is -0.315 e. The Morgan fingerprint density at radius 1 is 1.04 bits per heavy atom. The van der Waals surface area contributed by atoms with Gasteiger partial charge < -0.3 is 5.32 Å². The lowest BCUT2D eigenvalue weighted by atomic mass is 10.1. The van der Waals surface area contributed by atoms with Crippen LogP contribution in [0.5, 0.6) is 0 Å². The van der Waals surface area contributed by atoms with E-state index in [1.165, 1.54) is 55.4 Å². The van der Waals surface area contributed by atoms with Crippen molar-refractivity contribution in [1.82, 2.24) is 4.90 Å². The first kappa shape index (κ1) is 17.4. The molecule has 1 aromatic heterocycles. The van der Waals surface area contributed by atoms with Gasteiger partial charge >= 0.3 is 0 Å². The molecule has 0 saturated carbocycles. The van der Waals surface area contributed by atoms with E-state index >= 15 is 0 Å². The summed E-state index contributed by atoms with van der Waals surface area (Å²) in [6, 6.07) is 2.34. The van der Waals surface area contributed by atoms with Crippen molar-refractivity contribution in [2.45, 2.75) is 64.2 Å². The zero-order valence-corrected chi connectivity index (χ0v) is 15.2. The van der Waals surface area contributed by atoms with Crippen LogP contribution in [-0.4, -0.2) is 30.4 Å². The molecule has 5 heteroatoms. The van der Waals surface area contributed by atoms with Crippen molar-refractivity contribution >= 4 is 22.2 Å². The number of nitrogens with zero attached hydrogens (tertiary/aromatic N) is 2. The normalized spacial score (nSPS) is 19.5. The molecule has 24 heavy (non-hydrogen) atoms. The maximum atomic E-state index is 12.5. The van der Waals surface area contributed by atoms with Gasteiger partial charge in [-0.2, -0.15) is 5.26 Å². The van der Waals surface area contributed by atoms with E-state index in [9.17, 15) is 10.1 Å². The van der Waals surface area contributed by atoms with Crippen molar-refractivity contribution < 1.29 is 4.79 Å². The van der Waals surface area contributed by atoms with Gasteiger partial charge in [0.2, 0.25) is 5.91 Å². The van der Waals surface area contributed by atoms with Crippen molar-refractivity contribution in [1.29, 1.82) is 5.26 Å². The molecule has 0 radical (unpaired) electrons. The van der Waals surface area contributed by atoms with Crippen LogP contribution in [0, 0.1) is 11.3 Å². The molecule has 1 fully saturated rings. The highest BCUT2D eigenvalue weighted by Crippen LogP contribution is 2.36. The zero-order chi connectivity index (χ0) is 16.8. The van der Waals surface area contributed by atoms with E-state index in [0.717, 1.165) is 42.9 Å². The van der Waals surface area contributed by atoms with Gasteiger partial charge in [0.15, 0.2) is 0 Å². The highest BCUT2D eigenvalue weighted by molar-refractivity contribution is 7.16. The number of nitrogens with one attached hydrogen (secondary N) is 1. The van der Waals surface area contributed by atoms with Crippen molar-refractivity contribution in [3.05, 3.63) is 16.0 Å². The number of carbonyl (C=O) groups is 1. The molecule has 2 aliphatic rings. The molecule has 0 spiro atoms. The van der Waals surface area contributed by atoms with Gasteiger partial charge in [-0.25, -0.2) is 0 Å². The van der Waals surface area contributed by atoms with Gasteiger partial charge in [-0.1, -0.05) is 25.7 Å². The van der Waals surface area contributed by atoms with Crippen LogP contribution in [-0.2, 0) is 17.6 Å². The highest BCUT2D eigenvalue weighted by Gasteiger charge is 2.21. The second-order valence-electron chi connectivity index (χ2n) is 6.97. The van der Waals surface area contributed by atoms with Crippen molar-refractivity contribution in [2.75, 3.05) is 25.0 Å². The molecule has 0 aromatic carbocycles. The Balaban J connectivity index is 1.64. The molecule has 4 nitrogen and oxygen atoms in total. The number of thiophene rings is 1. The number of aryl methyl sites for hydroxylation is 1. The van der Waals surface area contributed by atoms with Crippen LogP contribution in [0.4, 0.5) is 5.00 Å². The van der Waals surface area contributed by atoms with Gasteiger partial charge in [-0.3, -0.25) is 9.69 Å². The third-order valence-electron chi connectivity index (χ3n) is 5.10. The summed E-state index contributed by atoms with van der Waals surface area (Å²) in [5.41, 5.74) is 1.92. The molecule has 0 unspecified atom stereocenters. The predicted octanol–water partition coefficient (Wildman–Crippen LogP) is 4.09. The molecule has 2 heterocycles. The van der Waals surface area contributed by atoms with Gasteiger partial charge in [-0.05, 0) is 57.2 Å². The molecule has 1 N–H and O–H groups in total. The molecule has 1 aliphatic heterocycles. The molecule has 0 bridgehead atoms. The fourth-order valence-corrected chi connectivity index (χ4v) is 5.05. The summed E-state index contributed by atoms with van der Waals surface area (Å²) in [5, 5.41) is 13.4. The molecule has 0 atom stereocenters. The van der Waals surface area contributed by atoms with Gasteiger partial charge in [0, 0.05) is 4.88 Å². The summed E-state index contributed by atoms with van der Waals surface area (Å²) < 4.78 is 0. The minimum atomic E-state index is 0.0310. The lowest BCUT2D eigenvalue weighted by molar-refractivity contribution is -0.117. The van der Waals surface area contributed by atoms with Gasteiger partial charge in [0.25, 0.3) is 0 Å². The number of rotatable bonds is 3. The van der Waals surface area contributed by atoms with Crippen LogP contribution in [0.2, 0.25) is 0 Å². The van der Waals surface area contributed by atoms with E-state index in [-0.39, 0.29) is 5.91 Å². The summed E-state index contributed by atoms with van der Waals surface area (Å²) in [6.07, 6.45) is 11.9. The number of carbonyl (C=O) groups excluding carboxylic acids is 1. The molecule has 3 rings (SSSR count). The summed E-state index contributed by atoms with van der Waals surface area (Å²) in [4.78, 5) is 16.0. The molecule has 1 aliphatic carbocycles. The second kappa shape index (κ2) is 8.64. The zero-order valence-electron chi connectivity index (χ0n) is 14.4. The predicted molar refractivity (Wildman–Crippen MR) is 98.4 cm³/mol. The quantitative estimate of drug-likeness (QED) is 0.839. The van der Waals surface area contributed by atoms with E-state index < -0.39 is 0 Å². The van der Waals surface area contributed by atoms with Crippen LogP contribution < -0.4 is 5.32 Å². The third-order valence-corrected chi connectivity index (χ3v) is 6.31. The molecular formula is C19H27N3OS. The number of nitriles is 1. The number of hydrogen-bond donors (Lipinski definition) is 1. The maximum absolute atomic E-state index is 12.5. The first-order valence-electron chi connectivity index (χ1n) is 9.35. The largest absolute Gasteiger partial charge is 0.315 e. The van der Waals surface area contributed by atoms with Crippen molar-refractivity contribution in [3.63, 3.8) is 0 Å². The molecule has 1 aromatic rings. The molecule has 1 saturated heterocycles. The lowest BCUT2D eigenvalue weighted by Gasteiger charge is -2.23. The van der Waals surface area contributed by atoms with E-state index in [1.807, 2.05) is 0 Å². The summed E-state index contributed by atoms with van der Waals surface area (Å²) in [5.74, 6) is 0.0310. The number of fused-ring (bicyclic) bond motifs is 1. The van der Waals surface area contributed by atoms with Gasteiger partial charge in [-0.15, -0.1) is 11.3 Å². The van der Waals surface area contributed by atoms with Gasteiger partial charge in [0.05, 0.1) is 12.1 Å². The van der Waals surface area contributed by atoms with Crippen molar-refractivity contribution in [2.24, 2.45) is 0 Å². The van der Waals surface area contributed by atoms with E-state index in [1.54, 1.807) is 11.3 Å². The first-order chi connectivity index (χ1) is 11.8. The number of hydrogen-bond acceptors (Lipinski definition) is 4.